The Labute approximate surface area is 125 Å². The van der Waals surface area contributed by atoms with Gasteiger partial charge in [0.25, 0.3) is 0 Å². The summed E-state index contributed by atoms with van der Waals surface area (Å²) in [6, 6.07) is 4.91. The molecule has 0 fully saturated rings. The second-order valence-corrected chi connectivity index (χ2v) is 5.79. The third-order valence-corrected chi connectivity index (χ3v) is 4.32. The van der Waals surface area contributed by atoms with Gasteiger partial charge in [0.1, 0.15) is 5.82 Å². The normalized spacial score (nSPS) is 12.9. The minimum atomic E-state index is -0.366. The molecule has 1 aromatic carbocycles. The predicted octanol–water partition coefficient (Wildman–Crippen LogP) is 3.69. The number of fused-ring (bicyclic) bond motifs is 1. The molecule has 1 N–H and O–H groups in total. The predicted molar refractivity (Wildman–Crippen MR) is 80.0 cm³/mol. The average molecular weight is 310 g/mol. The van der Waals surface area contributed by atoms with E-state index in [-0.39, 0.29) is 16.9 Å². The lowest BCUT2D eigenvalue weighted by molar-refractivity contribution is 0.531. The van der Waals surface area contributed by atoms with Crippen molar-refractivity contribution in [1.29, 1.82) is 0 Å². The van der Waals surface area contributed by atoms with E-state index < -0.39 is 0 Å². The standard InChI is InChI=1S/C14H13ClFN3S/c1-17-12(10-3-2-4-11(15)13(10)16)7-9-8-19-5-6-20-14(19)18-9/h2-6,8,12,17H,7H2,1H3. The molecule has 0 radical (unpaired) electrons. The Hall–Kier alpha value is -1.43. The van der Waals surface area contributed by atoms with Crippen LogP contribution in [0.3, 0.4) is 0 Å². The van der Waals surface area contributed by atoms with Crippen molar-refractivity contribution >= 4 is 27.9 Å². The molecule has 0 amide bonds. The molecule has 0 saturated carbocycles. The second kappa shape index (κ2) is 5.52. The highest BCUT2D eigenvalue weighted by molar-refractivity contribution is 7.15. The molecule has 0 aliphatic rings. The van der Waals surface area contributed by atoms with Crippen molar-refractivity contribution in [3.05, 3.63) is 58.1 Å². The van der Waals surface area contributed by atoms with Gasteiger partial charge in [0.05, 0.1) is 10.7 Å². The molecule has 104 valence electrons. The maximum absolute atomic E-state index is 14.1. The van der Waals surface area contributed by atoms with Crippen LogP contribution in [0.4, 0.5) is 4.39 Å². The van der Waals surface area contributed by atoms with Crippen LogP contribution < -0.4 is 5.32 Å². The Kier molecular flexibility index (Phi) is 3.74. The molecule has 0 saturated heterocycles. The molecule has 2 heterocycles. The molecule has 0 bridgehead atoms. The summed E-state index contributed by atoms with van der Waals surface area (Å²) in [7, 11) is 1.81. The number of hydrogen-bond donors (Lipinski definition) is 1. The number of halogens is 2. The largest absolute Gasteiger partial charge is 0.313 e. The van der Waals surface area contributed by atoms with Crippen LogP contribution >= 0.6 is 22.9 Å². The van der Waals surface area contributed by atoms with Gasteiger partial charge in [-0.2, -0.15) is 0 Å². The van der Waals surface area contributed by atoms with E-state index in [1.54, 1.807) is 29.5 Å². The summed E-state index contributed by atoms with van der Waals surface area (Å²) in [4.78, 5) is 5.47. The molecule has 3 nitrogen and oxygen atoms in total. The zero-order chi connectivity index (χ0) is 14.1. The highest BCUT2D eigenvalue weighted by Crippen LogP contribution is 2.26. The topological polar surface area (TPSA) is 29.3 Å². The van der Waals surface area contributed by atoms with Crippen molar-refractivity contribution < 1.29 is 4.39 Å². The SMILES string of the molecule is CNC(Cc1cn2ccsc2n1)c1cccc(Cl)c1F. The summed E-state index contributed by atoms with van der Waals surface area (Å²) in [5.41, 5.74) is 1.49. The maximum atomic E-state index is 14.1. The maximum Gasteiger partial charge on any atom is 0.193 e. The first kappa shape index (κ1) is 13.5. The van der Waals surface area contributed by atoms with Gasteiger partial charge in [-0.3, -0.25) is 4.40 Å². The van der Waals surface area contributed by atoms with Crippen molar-refractivity contribution in [2.45, 2.75) is 12.5 Å². The van der Waals surface area contributed by atoms with Crippen LogP contribution in [0.15, 0.2) is 36.0 Å². The smallest absolute Gasteiger partial charge is 0.193 e. The molecular weight excluding hydrogens is 297 g/mol. The third kappa shape index (κ3) is 2.44. The van der Waals surface area contributed by atoms with E-state index in [0.717, 1.165) is 10.7 Å². The van der Waals surface area contributed by atoms with Crippen LogP contribution in [-0.2, 0) is 6.42 Å². The molecule has 0 aliphatic carbocycles. The molecule has 20 heavy (non-hydrogen) atoms. The Morgan fingerprint density at radius 3 is 3.10 bits per heavy atom. The fourth-order valence-electron chi connectivity index (χ4n) is 2.24. The van der Waals surface area contributed by atoms with Gasteiger partial charge in [-0.15, -0.1) is 11.3 Å². The number of rotatable bonds is 4. The quantitative estimate of drug-likeness (QED) is 0.796. The van der Waals surface area contributed by atoms with Crippen LogP contribution in [-0.4, -0.2) is 16.4 Å². The Bertz CT molecular complexity index is 708. The van der Waals surface area contributed by atoms with Gasteiger partial charge in [0.15, 0.2) is 4.96 Å². The second-order valence-electron chi connectivity index (χ2n) is 4.51. The average Bonchev–Trinajstić information content (AvgIpc) is 3.00. The van der Waals surface area contributed by atoms with E-state index in [4.69, 9.17) is 11.6 Å². The summed E-state index contributed by atoms with van der Waals surface area (Å²) in [6.45, 7) is 0. The number of likely N-dealkylation sites (N-methyl/N-ethyl adjacent to an activating group) is 1. The Morgan fingerprint density at radius 1 is 1.50 bits per heavy atom. The fraction of sp³-hybridized carbons (Fsp3) is 0.214. The first-order chi connectivity index (χ1) is 9.69. The zero-order valence-electron chi connectivity index (χ0n) is 10.8. The molecule has 3 aromatic rings. The van der Waals surface area contributed by atoms with Gasteiger partial charge >= 0.3 is 0 Å². The fourth-order valence-corrected chi connectivity index (χ4v) is 3.14. The van der Waals surface area contributed by atoms with Gasteiger partial charge in [-0.05, 0) is 13.1 Å². The molecule has 0 aliphatic heterocycles. The summed E-state index contributed by atoms with van der Waals surface area (Å²) >= 11 is 7.42. The van der Waals surface area contributed by atoms with Crippen molar-refractivity contribution in [2.24, 2.45) is 0 Å². The lowest BCUT2D eigenvalue weighted by atomic mass is 10.0. The summed E-state index contributed by atoms with van der Waals surface area (Å²) in [5.74, 6) is -0.366. The van der Waals surface area contributed by atoms with Crippen LogP contribution in [0.5, 0.6) is 0 Å². The van der Waals surface area contributed by atoms with E-state index in [1.807, 2.05) is 29.2 Å². The van der Waals surface area contributed by atoms with Crippen LogP contribution in [0.2, 0.25) is 5.02 Å². The van der Waals surface area contributed by atoms with Gasteiger partial charge in [-0.25, -0.2) is 9.37 Å². The van der Waals surface area contributed by atoms with Crippen LogP contribution in [0, 0.1) is 5.82 Å². The van der Waals surface area contributed by atoms with E-state index in [0.29, 0.717) is 12.0 Å². The lowest BCUT2D eigenvalue weighted by Gasteiger charge is -2.16. The number of benzene rings is 1. The minimum Gasteiger partial charge on any atom is -0.313 e. The van der Waals surface area contributed by atoms with Crippen LogP contribution in [0.1, 0.15) is 17.3 Å². The zero-order valence-corrected chi connectivity index (χ0v) is 12.4. The molecule has 1 atom stereocenters. The van der Waals surface area contributed by atoms with E-state index in [1.165, 1.54) is 0 Å². The van der Waals surface area contributed by atoms with Crippen LogP contribution in [0.25, 0.3) is 4.96 Å². The first-order valence-corrected chi connectivity index (χ1v) is 7.47. The Morgan fingerprint density at radius 2 is 2.35 bits per heavy atom. The molecule has 0 spiro atoms. The van der Waals surface area contributed by atoms with Gasteiger partial charge in [0.2, 0.25) is 0 Å². The third-order valence-electron chi connectivity index (χ3n) is 3.26. The lowest BCUT2D eigenvalue weighted by Crippen LogP contribution is -2.20. The number of nitrogens with zero attached hydrogens (tertiary/aromatic N) is 2. The van der Waals surface area contributed by atoms with Crippen molar-refractivity contribution in [2.75, 3.05) is 7.05 Å². The number of hydrogen-bond acceptors (Lipinski definition) is 3. The summed E-state index contributed by atoms with van der Waals surface area (Å²) in [5, 5.41) is 5.26. The van der Waals surface area contributed by atoms with E-state index in [2.05, 4.69) is 10.3 Å². The highest BCUT2D eigenvalue weighted by Gasteiger charge is 2.18. The molecule has 3 rings (SSSR count). The van der Waals surface area contributed by atoms with Crippen molar-refractivity contribution in [1.82, 2.24) is 14.7 Å². The number of aromatic nitrogens is 2. The van der Waals surface area contributed by atoms with E-state index in [9.17, 15) is 4.39 Å². The van der Waals surface area contributed by atoms with Gasteiger partial charge in [-0.1, -0.05) is 23.7 Å². The Balaban J connectivity index is 1.90. The van der Waals surface area contributed by atoms with Gasteiger partial charge in [0, 0.05) is 35.8 Å². The molecular formula is C14H13ClFN3S. The summed E-state index contributed by atoms with van der Waals surface area (Å²) in [6.07, 6.45) is 4.55. The molecule has 1 unspecified atom stereocenters. The number of thiazole rings is 1. The highest BCUT2D eigenvalue weighted by atomic mass is 35.5. The molecule has 6 heteroatoms. The van der Waals surface area contributed by atoms with E-state index >= 15 is 0 Å². The number of nitrogens with one attached hydrogen (secondary N) is 1. The first-order valence-electron chi connectivity index (χ1n) is 6.21. The monoisotopic (exact) mass is 309 g/mol. The van der Waals surface area contributed by atoms with Crippen molar-refractivity contribution in [3.63, 3.8) is 0 Å². The van der Waals surface area contributed by atoms with Gasteiger partial charge < -0.3 is 5.32 Å². The number of imidazole rings is 1. The van der Waals surface area contributed by atoms with Crippen molar-refractivity contribution in [3.8, 4) is 0 Å². The summed E-state index contributed by atoms with van der Waals surface area (Å²) < 4.78 is 16.1. The minimum absolute atomic E-state index is 0.147. The molecule has 2 aromatic heterocycles.